The fourth-order valence-electron chi connectivity index (χ4n) is 4.20. The van der Waals surface area contributed by atoms with Gasteiger partial charge in [0.25, 0.3) is 5.91 Å². The van der Waals surface area contributed by atoms with E-state index in [0.29, 0.717) is 21.3 Å². The van der Waals surface area contributed by atoms with Gasteiger partial charge < -0.3 is 15.8 Å². The summed E-state index contributed by atoms with van der Waals surface area (Å²) >= 11 is 12.5. The number of nitrogens with two attached hydrogens (primary N) is 1. The van der Waals surface area contributed by atoms with Crippen molar-refractivity contribution in [3.8, 4) is 5.69 Å². The van der Waals surface area contributed by atoms with Crippen LogP contribution in [0.1, 0.15) is 62.0 Å². The molecule has 236 valence electrons. The van der Waals surface area contributed by atoms with Crippen molar-refractivity contribution in [3.63, 3.8) is 0 Å². The van der Waals surface area contributed by atoms with E-state index in [9.17, 15) is 22.8 Å². The third kappa shape index (κ3) is 8.03. The molecule has 1 atom stereocenters. The zero-order valence-corrected chi connectivity index (χ0v) is 25.9. The number of carbonyl (C=O) groups excluding carboxylic acids is 2. The molecular weight excluding hydrogens is 620 g/mol. The first kappa shape index (κ1) is 33.1. The molecule has 3 aromatic rings. The summed E-state index contributed by atoms with van der Waals surface area (Å²) in [5, 5.41) is 7.76. The maximum atomic E-state index is 14.0. The number of ether oxygens (including phenoxy) is 1. The molecule has 0 unspecified atom stereocenters. The normalized spacial score (nSPS) is 15.4. The van der Waals surface area contributed by atoms with Crippen molar-refractivity contribution in [2.24, 2.45) is 16.1 Å². The number of amides is 2. The second-order valence-corrected chi connectivity index (χ2v) is 12.4. The Balaban J connectivity index is 1.76. The Morgan fingerprint density at radius 2 is 1.86 bits per heavy atom. The molecule has 0 saturated heterocycles. The van der Waals surface area contributed by atoms with Crippen LogP contribution in [0, 0.1) is 5.41 Å². The van der Waals surface area contributed by atoms with Gasteiger partial charge in [-0.15, -0.1) is 0 Å². The van der Waals surface area contributed by atoms with E-state index < -0.39 is 29.6 Å². The fraction of sp³-hybridized carbons (Fsp3) is 0.400. The minimum atomic E-state index is -4.47. The van der Waals surface area contributed by atoms with Crippen LogP contribution in [0.5, 0.6) is 0 Å². The first-order valence-corrected chi connectivity index (χ1v) is 14.6. The molecule has 44 heavy (non-hydrogen) atoms. The van der Waals surface area contributed by atoms with E-state index in [0.717, 1.165) is 31.6 Å². The Morgan fingerprint density at radius 1 is 1.18 bits per heavy atom. The molecular formula is C30H33Cl2F3N6O3. The standard InChI is InChI=1S/C30H33Cl2F3N6O3/c1-28(2,30(33,34)35)13-15-37-26(36)41(25(42)19-5-8-21(31)9-6-19)24(18-44-27(43)39-29(3)11-12-29)20-7-10-22(32)23(17-20)40-16-4-14-38-40/h4-10,14,16-17,24H,11-13,15,18H2,1-3H3,(H2,36,37)(H,39,43)/t24-/m1/s1. The monoisotopic (exact) mass is 652 g/mol. The molecule has 9 nitrogen and oxygen atoms in total. The molecule has 2 aromatic carbocycles. The van der Waals surface area contributed by atoms with Crippen LogP contribution >= 0.6 is 23.2 Å². The predicted octanol–water partition coefficient (Wildman–Crippen LogP) is 6.93. The number of hydrogen-bond acceptors (Lipinski definition) is 5. The minimum absolute atomic E-state index is 0.171. The fourth-order valence-corrected chi connectivity index (χ4v) is 4.53. The van der Waals surface area contributed by atoms with Crippen molar-refractivity contribution in [1.82, 2.24) is 20.0 Å². The third-order valence-electron chi connectivity index (χ3n) is 7.53. The largest absolute Gasteiger partial charge is 0.447 e. The molecule has 3 N–H and O–H groups in total. The van der Waals surface area contributed by atoms with Crippen LogP contribution < -0.4 is 11.1 Å². The zero-order chi connectivity index (χ0) is 32.3. The number of hydrogen-bond donors (Lipinski definition) is 2. The Hall–Kier alpha value is -3.77. The summed E-state index contributed by atoms with van der Waals surface area (Å²) < 4.78 is 47.6. The molecule has 4 rings (SSSR count). The highest BCUT2D eigenvalue weighted by Crippen LogP contribution is 2.40. The van der Waals surface area contributed by atoms with Crippen molar-refractivity contribution in [2.45, 2.75) is 57.8 Å². The van der Waals surface area contributed by atoms with Crippen molar-refractivity contribution >= 4 is 41.2 Å². The van der Waals surface area contributed by atoms with Crippen molar-refractivity contribution in [1.29, 1.82) is 0 Å². The number of benzene rings is 2. The highest BCUT2D eigenvalue weighted by Gasteiger charge is 2.46. The van der Waals surface area contributed by atoms with Crippen LogP contribution in [0.2, 0.25) is 10.0 Å². The van der Waals surface area contributed by atoms with Crippen LogP contribution in [0.3, 0.4) is 0 Å². The molecule has 1 aromatic heterocycles. The van der Waals surface area contributed by atoms with Gasteiger partial charge in [0.05, 0.1) is 22.2 Å². The predicted molar refractivity (Wildman–Crippen MR) is 162 cm³/mol. The smallest absolute Gasteiger partial charge is 0.407 e. The van der Waals surface area contributed by atoms with Crippen molar-refractivity contribution < 1.29 is 27.5 Å². The second kappa shape index (κ2) is 13.1. The summed E-state index contributed by atoms with van der Waals surface area (Å²) in [7, 11) is 0. The minimum Gasteiger partial charge on any atom is -0.447 e. The summed E-state index contributed by atoms with van der Waals surface area (Å²) in [4.78, 5) is 32.1. The van der Waals surface area contributed by atoms with Gasteiger partial charge in [-0.2, -0.15) is 18.3 Å². The first-order valence-electron chi connectivity index (χ1n) is 13.8. The summed E-state index contributed by atoms with van der Waals surface area (Å²) in [6.45, 7) is 3.32. The molecule has 1 aliphatic rings. The number of aromatic nitrogens is 2. The molecule has 1 fully saturated rings. The molecule has 14 heteroatoms. The van der Waals surface area contributed by atoms with Crippen LogP contribution in [0.25, 0.3) is 5.69 Å². The van der Waals surface area contributed by atoms with Crippen molar-refractivity contribution in [2.75, 3.05) is 13.2 Å². The van der Waals surface area contributed by atoms with Gasteiger partial charge in [-0.3, -0.25) is 14.7 Å². The maximum Gasteiger partial charge on any atom is 0.407 e. The van der Waals surface area contributed by atoms with Gasteiger partial charge >= 0.3 is 12.3 Å². The Bertz CT molecular complexity index is 1510. The molecule has 1 heterocycles. The highest BCUT2D eigenvalue weighted by atomic mass is 35.5. The number of alkyl halides is 3. The van der Waals surface area contributed by atoms with E-state index in [1.165, 1.54) is 28.9 Å². The Kier molecular flexibility index (Phi) is 9.84. The van der Waals surface area contributed by atoms with E-state index in [1.54, 1.807) is 36.7 Å². The topological polar surface area (TPSA) is 115 Å². The number of nitrogens with one attached hydrogen (secondary N) is 1. The number of rotatable bonds is 10. The molecule has 1 aliphatic carbocycles. The van der Waals surface area contributed by atoms with E-state index in [2.05, 4.69) is 15.4 Å². The highest BCUT2D eigenvalue weighted by molar-refractivity contribution is 6.32. The summed E-state index contributed by atoms with van der Waals surface area (Å²) in [6.07, 6.45) is -0.713. The van der Waals surface area contributed by atoms with Gasteiger partial charge in [0.15, 0.2) is 5.96 Å². The lowest BCUT2D eigenvalue weighted by atomic mass is 9.89. The van der Waals surface area contributed by atoms with Crippen LogP contribution in [-0.2, 0) is 4.74 Å². The Labute approximate surface area is 263 Å². The number of carbonyl (C=O) groups is 2. The van der Waals surface area contributed by atoms with Gasteiger partial charge in [-0.1, -0.05) is 43.1 Å². The van der Waals surface area contributed by atoms with Gasteiger partial charge in [-0.25, -0.2) is 9.48 Å². The Morgan fingerprint density at radius 3 is 2.45 bits per heavy atom. The molecule has 0 bridgehead atoms. The summed E-state index contributed by atoms with van der Waals surface area (Å²) in [6, 6.07) is 11.5. The zero-order valence-electron chi connectivity index (χ0n) is 24.4. The van der Waals surface area contributed by atoms with E-state index in [1.807, 2.05) is 6.92 Å². The SMILES string of the molecule is CC1(NC(=O)OC[C@H](c2ccc(Cl)c(-n3cccn3)c2)N(C(=O)c2ccc(Cl)cc2)C(N)=NCCC(C)(C)C(F)(F)F)CC1. The van der Waals surface area contributed by atoms with Crippen LogP contribution in [0.4, 0.5) is 18.0 Å². The first-order chi connectivity index (χ1) is 20.6. The quantitative estimate of drug-likeness (QED) is 0.182. The number of aliphatic imine (C=N–C) groups is 1. The number of guanidine groups is 1. The molecule has 0 spiro atoms. The van der Waals surface area contributed by atoms with Gasteiger partial charge in [0, 0.05) is 35.1 Å². The lowest BCUT2D eigenvalue weighted by Crippen LogP contribution is -2.47. The van der Waals surface area contributed by atoms with E-state index in [-0.39, 0.29) is 36.6 Å². The van der Waals surface area contributed by atoms with Crippen LogP contribution in [0.15, 0.2) is 65.9 Å². The average Bonchev–Trinajstić information content (AvgIpc) is 3.42. The number of halogens is 5. The molecule has 0 aliphatic heterocycles. The summed E-state index contributed by atoms with van der Waals surface area (Å²) in [5.41, 5.74) is 5.06. The molecule has 2 amide bonds. The van der Waals surface area contributed by atoms with Gasteiger partial charge in [-0.05, 0) is 74.2 Å². The maximum absolute atomic E-state index is 14.0. The molecule has 0 radical (unpaired) electrons. The lowest BCUT2D eigenvalue weighted by Gasteiger charge is -2.32. The summed E-state index contributed by atoms with van der Waals surface area (Å²) in [5.74, 6) is -1.00. The third-order valence-corrected chi connectivity index (χ3v) is 8.10. The van der Waals surface area contributed by atoms with E-state index >= 15 is 0 Å². The molecule has 1 saturated carbocycles. The number of nitrogens with zero attached hydrogens (tertiary/aromatic N) is 4. The van der Waals surface area contributed by atoms with Crippen LogP contribution in [-0.4, -0.2) is 57.5 Å². The van der Waals surface area contributed by atoms with Gasteiger partial charge in [0.2, 0.25) is 0 Å². The lowest BCUT2D eigenvalue weighted by molar-refractivity contribution is -0.212. The second-order valence-electron chi connectivity index (χ2n) is 11.5. The average molecular weight is 654 g/mol. The van der Waals surface area contributed by atoms with Gasteiger partial charge in [0.1, 0.15) is 6.61 Å². The van der Waals surface area contributed by atoms with Crippen molar-refractivity contribution in [3.05, 3.63) is 82.1 Å². The van der Waals surface area contributed by atoms with E-state index in [4.69, 9.17) is 33.7 Å². The number of alkyl carbamates (subject to hydrolysis) is 1.